The van der Waals surface area contributed by atoms with Gasteiger partial charge in [0.2, 0.25) is 0 Å². The van der Waals surface area contributed by atoms with E-state index >= 15 is 0 Å². The Balaban J connectivity index is 1.26. The number of nitrogens with zero attached hydrogens (tertiary/aromatic N) is 5. The molecule has 30 heavy (non-hydrogen) atoms. The topological polar surface area (TPSA) is 48.7 Å². The van der Waals surface area contributed by atoms with E-state index in [2.05, 4.69) is 62.6 Å². The number of piperidine rings is 1. The zero-order valence-electron chi connectivity index (χ0n) is 18.7. The van der Waals surface area contributed by atoms with Gasteiger partial charge in [-0.2, -0.15) is 5.10 Å². The lowest BCUT2D eigenvalue weighted by atomic mass is 9.99. The van der Waals surface area contributed by atoms with Gasteiger partial charge >= 0.3 is 0 Å². The van der Waals surface area contributed by atoms with Gasteiger partial charge in [0.15, 0.2) is 5.96 Å². The van der Waals surface area contributed by atoms with Gasteiger partial charge < -0.3 is 10.2 Å². The maximum Gasteiger partial charge on any atom is 0.193 e. The Morgan fingerprint density at radius 1 is 1.10 bits per heavy atom. The van der Waals surface area contributed by atoms with Crippen LogP contribution in [-0.4, -0.2) is 58.8 Å². The molecule has 1 unspecified atom stereocenters. The molecule has 2 aromatic rings. The molecule has 2 aliphatic heterocycles. The summed E-state index contributed by atoms with van der Waals surface area (Å²) in [6.45, 7) is 8.75. The molecule has 2 aliphatic rings. The molecule has 162 valence electrons. The number of nitrogens with one attached hydrogen (secondary N) is 1. The highest BCUT2D eigenvalue weighted by Crippen LogP contribution is 2.26. The number of rotatable bonds is 5. The highest BCUT2D eigenvalue weighted by molar-refractivity contribution is 5.80. The van der Waals surface area contributed by atoms with E-state index in [-0.39, 0.29) is 0 Å². The molecule has 2 saturated heterocycles. The number of aliphatic imine (C=N–C) groups is 1. The Labute approximate surface area is 181 Å². The second-order valence-electron chi connectivity index (χ2n) is 9.05. The Morgan fingerprint density at radius 3 is 2.50 bits per heavy atom. The number of aromatic nitrogens is 2. The number of hydrogen-bond acceptors (Lipinski definition) is 3. The molecule has 0 aliphatic carbocycles. The van der Waals surface area contributed by atoms with Gasteiger partial charge in [-0.05, 0) is 55.0 Å². The van der Waals surface area contributed by atoms with Gasteiger partial charge in [0.05, 0.1) is 6.20 Å². The second kappa shape index (κ2) is 9.65. The van der Waals surface area contributed by atoms with Gasteiger partial charge in [-0.1, -0.05) is 31.2 Å². The average Bonchev–Trinajstić information content (AvgIpc) is 3.41. The van der Waals surface area contributed by atoms with Crippen LogP contribution in [0.2, 0.25) is 0 Å². The molecule has 1 N–H and O–H groups in total. The number of likely N-dealkylation sites (tertiary alicyclic amines) is 2. The van der Waals surface area contributed by atoms with Gasteiger partial charge in [-0.3, -0.25) is 14.6 Å². The molecule has 0 radical (unpaired) electrons. The van der Waals surface area contributed by atoms with Crippen LogP contribution in [0.25, 0.3) is 0 Å². The molecule has 1 aromatic carbocycles. The maximum atomic E-state index is 4.52. The van der Waals surface area contributed by atoms with Crippen LogP contribution in [0, 0.1) is 5.92 Å². The van der Waals surface area contributed by atoms with Crippen LogP contribution in [0.3, 0.4) is 0 Å². The first-order chi connectivity index (χ1) is 14.6. The summed E-state index contributed by atoms with van der Waals surface area (Å²) >= 11 is 0. The SMILES string of the molecule is CN=C(NCc1ccc(CN2CCC(C)CC2)cc1)N1CCC(c2cnn(C)c2)C1. The smallest absolute Gasteiger partial charge is 0.193 e. The fourth-order valence-corrected chi connectivity index (χ4v) is 4.63. The lowest BCUT2D eigenvalue weighted by molar-refractivity contribution is 0.185. The van der Waals surface area contributed by atoms with E-state index in [1.165, 1.54) is 42.6 Å². The zero-order chi connectivity index (χ0) is 20.9. The molecule has 4 rings (SSSR count). The fraction of sp³-hybridized carbons (Fsp3) is 0.583. The Morgan fingerprint density at radius 2 is 1.83 bits per heavy atom. The zero-order valence-corrected chi connectivity index (χ0v) is 18.7. The van der Waals surface area contributed by atoms with Crippen molar-refractivity contribution in [2.45, 2.75) is 45.2 Å². The first-order valence-corrected chi connectivity index (χ1v) is 11.3. The Hall–Kier alpha value is -2.34. The normalized spacial score (nSPS) is 21.4. The molecule has 2 fully saturated rings. The quantitative estimate of drug-likeness (QED) is 0.610. The maximum absolute atomic E-state index is 4.52. The molecular weight excluding hydrogens is 372 g/mol. The minimum atomic E-state index is 0.536. The minimum absolute atomic E-state index is 0.536. The lowest BCUT2D eigenvalue weighted by Gasteiger charge is -2.30. The molecule has 1 atom stereocenters. The largest absolute Gasteiger partial charge is 0.352 e. The standard InChI is InChI=1S/C24H36N6/c1-19-8-11-29(12-9-19)16-21-6-4-20(5-7-21)14-26-24(25-2)30-13-10-22(18-30)23-15-27-28(3)17-23/h4-7,15,17,19,22H,8-14,16,18H2,1-3H3,(H,25,26). The minimum Gasteiger partial charge on any atom is -0.352 e. The van der Waals surface area contributed by atoms with Crippen molar-refractivity contribution in [1.82, 2.24) is 24.9 Å². The van der Waals surface area contributed by atoms with E-state index in [9.17, 15) is 0 Å². The first-order valence-electron chi connectivity index (χ1n) is 11.3. The van der Waals surface area contributed by atoms with Gasteiger partial charge in [-0.15, -0.1) is 0 Å². The third kappa shape index (κ3) is 5.22. The van der Waals surface area contributed by atoms with Crippen molar-refractivity contribution >= 4 is 5.96 Å². The Bertz CT molecular complexity index is 832. The second-order valence-corrected chi connectivity index (χ2v) is 9.05. The summed E-state index contributed by atoms with van der Waals surface area (Å²) < 4.78 is 1.89. The number of aryl methyl sites for hydroxylation is 1. The van der Waals surface area contributed by atoms with Crippen LogP contribution < -0.4 is 5.32 Å². The Kier molecular flexibility index (Phi) is 6.72. The van der Waals surface area contributed by atoms with Crippen molar-refractivity contribution < 1.29 is 0 Å². The van der Waals surface area contributed by atoms with E-state index in [4.69, 9.17) is 0 Å². The molecule has 6 nitrogen and oxygen atoms in total. The summed E-state index contributed by atoms with van der Waals surface area (Å²) in [5.41, 5.74) is 4.04. The monoisotopic (exact) mass is 408 g/mol. The summed E-state index contributed by atoms with van der Waals surface area (Å²) in [6, 6.07) is 9.08. The molecular formula is C24H36N6. The first kappa shape index (κ1) is 20.9. The van der Waals surface area contributed by atoms with Crippen molar-refractivity contribution in [3.8, 4) is 0 Å². The van der Waals surface area contributed by atoms with Crippen molar-refractivity contribution in [2.75, 3.05) is 33.2 Å². The van der Waals surface area contributed by atoms with Crippen LogP contribution in [-0.2, 0) is 20.1 Å². The number of guanidine groups is 1. The molecule has 3 heterocycles. The van der Waals surface area contributed by atoms with Crippen LogP contribution in [0.5, 0.6) is 0 Å². The molecule has 6 heteroatoms. The van der Waals surface area contributed by atoms with E-state index in [1.54, 1.807) is 0 Å². The van der Waals surface area contributed by atoms with Crippen LogP contribution >= 0.6 is 0 Å². The van der Waals surface area contributed by atoms with E-state index < -0.39 is 0 Å². The summed E-state index contributed by atoms with van der Waals surface area (Å²) in [7, 11) is 3.86. The summed E-state index contributed by atoms with van der Waals surface area (Å²) in [5.74, 6) is 2.42. The van der Waals surface area contributed by atoms with Gasteiger partial charge in [-0.25, -0.2) is 0 Å². The van der Waals surface area contributed by atoms with Crippen molar-refractivity contribution in [1.29, 1.82) is 0 Å². The van der Waals surface area contributed by atoms with Crippen LogP contribution in [0.1, 0.15) is 48.8 Å². The van der Waals surface area contributed by atoms with Crippen LogP contribution in [0.15, 0.2) is 41.7 Å². The molecule has 0 bridgehead atoms. The third-order valence-corrected chi connectivity index (χ3v) is 6.65. The fourth-order valence-electron chi connectivity index (χ4n) is 4.63. The molecule has 0 saturated carbocycles. The summed E-state index contributed by atoms with van der Waals surface area (Å²) in [6.07, 6.45) is 7.95. The van der Waals surface area contributed by atoms with Gasteiger partial charge in [0.1, 0.15) is 0 Å². The van der Waals surface area contributed by atoms with E-state index in [0.717, 1.165) is 44.5 Å². The van der Waals surface area contributed by atoms with E-state index in [0.29, 0.717) is 5.92 Å². The summed E-state index contributed by atoms with van der Waals surface area (Å²) in [4.78, 5) is 9.47. The third-order valence-electron chi connectivity index (χ3n) is 6.65. The number of benzene rings is 1. The lowest BCUT2D eigenvalue weighted by Crippen LogP contribution is -2.39. The van der Waals surface area contributed by atoms with Crippen molar-refractivity contribution in [3.63, 3.8) is 0 Å². The average molecular weight is 409 g/mol. The predicted octanol–water partition coefficient (Wildman–Crippen LogP) is 3.22. The van der Waals surface area contributed by atoms with Gasteiger partial charge in [0.25, 0.3) is 0 Å². The predicted molar refractivity (Wildman–Crippen MR) is 122 cm³/mol. The van der Waals surface area contributed by atoms with Crippen molar-refractivity contribution in [3.05, 3.63) is 53.3 Å². The number of hydrogen-bond donors (Lipinski definition) is 1. The highest BCUT2D eigenvalue weighted by atomic mass is 15.3. The molecule has 1 aromatic heterocycles. The molecule has 0 amide bonds. The van der Waals surface area contributed by atoms with E-state index in [1.807, 2.05) is 25.0 Å². The van der Waals surface area contributed by atoms with Crippen molar-refractivity contribution in [2.24, 2.45) is 18.0 Å². The van der Waals surface area contributed by atoms with Gasteiger partial charge in [0, 0.05) is 52.4 Å². The highest BCUT2D eigenvalue weighted by Gasteiger charge is 2.26. The molecule has 0 spiro atoms. The summed E-state index contributed by atoms with van der Waals surface area (Å²) in [5, 5.41) is 7.88. The van der Waals surface area contributed by atoms with Crippen LogP contribution in [0.4, 0.5) is 0 Å².